The van der Waals surface area contributed by atoms with E-state index in [-0.39, 0.29) is 17.1 Å². The molecule has 1 aliphatic heterocycles. The standard InChI is InChI=1S/C9H15N6O14P3/c10-9-11-6-3(7(18)12-9)13-14-15(6)8-5(17)4(16)2(27-8)1-26-31(22,23)29-32(24,25)28-30(19,20)21/h2,4-5,8,16-17H,1H2,(H,22,23)(H,24,25)(H2,19,20,21)(H3,10,11,12,18)/t2-,4-,5-,8-/m1/s1. The molecule has 3 heterocycles. The Kier molecular flexibility index (Phi) is 6.73. The molecule has 32 heavy (non-hydrogen) atoms. The Labute approximate surface area is 175 Å². The summed E-state index contributed by atoms with van der Waals surface area (Å²) in [6, 6.07) is 0. The fourth-order valence-corrected chi connectivity index (χ4v) is 5.60. The lowest BCUT2D eigenvalue weighted by Gasteiger charge is -2.19. The number of aromatic amines is 1. The molecule has 0 amide bonds. The lowest BCUT2D eigenvalue weighted by Crippen LogP contribution is -2.33. The first-order chi connectivity index (χ1) is 14.6. The fourth-order valence-electron chi connectivity index (χ4n) is 2.57. The Hall–Kier alpha value is -1.63. The van der Waals surface area contributed by atoms with Crippen LogP contribution in [0.1, 0.15) is 6.23 Å². The van der Waals surface area contributed by atoms with Gasteiger partial charge in [-0.25, -0.2) is 13.7 Å². The number of nitrogen functional groups attached to an aromatic ring is 1. The van der Waals surface area contributed by atoms with Crippen LogP contribution in [0.15, 0.2) is 4.79 Å². The minimum Gasteiger partial charge on any atom is -0.387 e. The van der Waals surface area contributed by atoms with Gasteiger partial charge in [-0.05, 0) is 0 Å². The van der Waals surface area contributed by atoms with Crippen molar-refractivity contribution in [3.63, 3.8) is 0 Å². The first-order valence-corrected chi connectivity index (χ1v) is 12.5. The molecule has 1 saturated heterocycles. The number of fused-ring (bicyclic) bond motifs is 1. The monoisotopic (exact) mass is 524 g/mol. The first kappa shape index (κ1) is 25.0. The van der Waals surface area contributed by atoms with Crippen molar-refractivity contribution in [2.75, 3.05) is 12.3 Å². The zero-order valence-electron chi connectivity index (χ0n) is 15.2. The van der Waals surface area contributed by atoms with Crippen molar-refractivity contribution in [2.24, 2.45) is 0 Å². The van der Waals surface area contributed by atoms with Gasteiger partial charge in [-0.1, -0.05) is 5.21 Å². The van der Waals surface area contributed by atoms with Crippen molar-refractivity contribution < 1.29 is 61.4 Å². The summed E-state index contributed by atoms with van der Waals surface area (Å²) in [6.07, 6.45) is -6.64. The molecule has 0 saturated carbocycles. The van der Waals surface area contributed by atoms with E-state index >= 15 is 0 Å². The number of aliphatic hydroxyl groups is 2. The van der Waals surface area contributed by atoms with Crippen LogP contribution >= 0.6 is 23.5 Å². The highest BCUT2D eigenvalue weighted by atomic mass is 31.3. The molecule has 1 fully saturated rings. The number of ether oxygens (including phenoxy) is 1. The highest BCUT2D eigenvalue weighted by Crippen LogP contribution is 2.66. The maximum atomic E-state index is 11.8. The van der Waals surface area contributed by atoms with Gasteiger partial charge in [0, 0.05) is 0 Å². The van der Waals surface area contributed by atoms with Crippen LogP contribution in [0.4, 0.5) is 5.95 Å². The van der Waals surface area contributed by atoms with E-state index in [1.807, 2.05) is 0 Å². The molecular weight excluding hydrogens is 509 g/mol. The van der Waals surface area contributed by atoms with Crippen LogP contribution in [0.25, 0.3) is 11.2 Å². The van der Waals surface area contributed by atoms with Gasteiger partial charge >= 0.3 is 23.5 Å². The fraction of sp³-hybridized carbons (Fsp3) is 0.556. The summed E-state index contributed by atoms with van der Waals surface area (Å²) >= 11 is 0. The molecule has 0 spiro atoms. The van der Waals surface area contributed by atoms with Crippen LogP contribution in [0.3, 0.4) is 0 Å². The summed E-state index contributed by atoms with van der Waals surface area (Å²) < 4.78 is 51.2. The van der Waals surface area contributed by atoms with E-state index in [2.05, 4.69) is 33.4 Å². The highest BCUT2D eigenvalue weighted by molar-refractivity contribution is 7.66. The Bertz CT molecular complexity index is 1210. The predicted octanol–water partition coefficient (Wildman–Crippen LogP) is -2.94. The molecule has 2 aromatic heterocycles. The summed E-state index contributed by atoms with van der Waals surface area (Å²) in [5.74, 6) is -0.316. The third kappa shape index (κ3) is 5.64. The maximum absolute atomic E-state index is 11.8. The number of hydrogen-bond acceptors (Lipinski definition) is 14. The number of anilines is 1. The molecule has 2 aromatic rings. The quantitative estimate of drug-likeness (QED) is 0.160. The van der Waals surface area contributed by atoms with Crippen molar-refractivity contribution in [1.29, 1.82) is 0 Å². The molecule has 3 rings (SSSR count). The van der Waals surface area contributed by atoms with Crippen molar-refractivity contribution in [3.8, 4) is 0 Å². The SMILES string of the molecule is Nc1nc2c(nnn2[C@@H]2O[C@H](COP(=O)(O)OP(=O)(O)OP(=O)(O)O)[C@@H](O)[C@H]2O)c(=O)[nH]1. The van der Waals surface area contributed by atoms with Gasteiger partial charge in [-0.3, -0.25) is 14.3 Å². The van der Waals surface area contributed by atoms with Gasteiger partial charge in [-0.2, -0.15) is 18.3 Å². The molecule has 180 valence electrons. The van der Waals surface area contributed by atoms with Gasteiger partial charge in [0.15, 0.2) is 17.4 Å². The second-order valence-electron chi connectivity index (χ2n) is 6.09. The van der Waals surface area contributed by atoms with Crippen LogP contribution in [0.5, 0.6) is 0 Å². The minimum atomic E-state index is -5.74. The van der Waals surface area contributed by atoms with Crippen LogP contribution < -0.4 is 11.3 Å². The van der Waals surface area contributed by atoms with Crippen molar-refractivity contribution in [1.82, 2.24) is 25.0 Å². The van der Waals surface area contributed by atoms with E-state index in [4.69, 9.17) is 25.2 Å². The number of nitrogens with one attached hydrogen (secondary N) is 1. The molecule has 6 atom stereocenters. The van der Waals surface area contributed by atoms with E-state index < -0.39 is 60.2 Å². The number of H-pyrrole nitrogens is 1. The lowest BCUT2D eigenvalue weighted by molar-refractivity contribution is -0.0566. The number of nitrogens with zero attached hydrogens (tertiary/aromatic N) is 4. The number of hydrogen-bond donors (Lipinski definition) is 8. The molecule has 0 radical (unpaired) electrons. The van der Waals surface area contributed by atoms with Gasteiger partial charge in [0.2, 0.25) is 5.95 Å². The highest BCUT2D eigenvalue weighted by Gasteiger charge is 2.47. The molecular formula is C9H15N6O14P3. The van der Waals surface area contributed by atoms with Gasteiger partial charge in [0.25, 0.3) is 5.56 Å². The predicted molar refractivity (Wildman–Crippen MR) is 96.1 cm³/mol. The number of rotatable bonds is 8. The van der Waals surface area contributed by atoms with Crippen LogP contribution in [0.2, 0.25) is 0 Å². The Morgan fingerprint density at radius 2 is 1.75 bits per heavy atom. The summed E-state index contributed by atoms with van der Waals surface area (Å²) in [5.41, 5.74) is 4.19. The zero-order chi connectivity index (χ0) is 24.1. The first-order valence-electron chi connectivity index (χ1n) is 7.99. The Morgan fingerprint density at radius 3 is 2.38 bits per heavy atom. The summed E-state index contributed by atoms with van der Waals surface area (Å²) in [7, 11) is -16.8. The van der Waals surface area contributed by atoms with E-state index in [0.29, 0.717) is 0 Å². The Balaban J connectivity index is 1.72. The van der Waals surface area contributed by atoms with Gasteiger partial charge in [0.1, 0.15) is 18.3 Å². The second kappa shape index (κ2) is 8.62. The van der Waals surface area contributed by atoms with E-state index in [0.717, 1.165) is 4.68 Å². The molecule has 20 nitrogen and oxygen atoms in total. The normalized spacial score (nSPS) is 27.9. The van der Waals surface area contributed by atoms with E-state index in [1.165, 1.54) is 0 Å². The topological polar surface area (TPSA) is 312 Å². The molecule has 23 heteroatoms. The number of aliphatic hydroxyl groups excluding tert-OH is 2. The van der Waals surface area contributed by atoms with Crippen molar-refractivity contribution in [2.45, 2.75) is 24.5 Å². The van der Waals surface area contributed by atoms with Crippen LogP contribution in [-0.4, -0.2) is 79.7 Å². The molecule has 0 aromatic carbocycles. The molecule has 1 aliphatic rings. The van der Waals surface area contributed by atoms with Crippen LogP contribution in [-0.2, 0) is 31.6 Å². The van der Waals surface area contributed by atoms with E-state index in [1.54, 1.807) is 0 Å². The molecule has 0 bridgehead atoms. The smallest absolute Gasteiger partial charge is 0.387 e. The lowest BCUT2D eigenvalue weighted by atomic mass is 10.1. The summed E-state index contributed by atoms with van der Waals surface area (Å²) in [5, 5.41) is 27.5. The second-order valence-corrected chi connectivity index (χ2v) is 10.5. The molecule has 9 N–H and O–H groups in total. The average molecular weight is 524 g/mol. The largest absolute Gasteiger partial charge is 0.490 e. The minimum absolute atomic E-state index is 0.226. The number of aromatic nitrogens is 5. The average Bonchev–Trinajstić information content (AvgIpc) is 3.12. The van der Waals surface area contributed by atoms with E-state index in [9.17, 15) is 33.6 Å². The maximum Gasteiger partial charge on any atom is 0.490 e. The zero-order valence-corrected chi connectivity index (χ0v) is 17.9. The van der Waals surface area contributed by atoms with Crippen molar-refractivity contribution >= 4 is 40.6 Å². The molecule has 2 unspecified atom stereocenters. The summed E-state index contributed by atoms with van der Waals surface area (Å²) in [4.78, 5) is 53.3. The molecule has 0 aliphatic carbocycles. The Morgan fingerprint density at radius 1 is 1.09 bits per heavy atom. The third-order valence-electron chi connectivity index (χ3n) is 3.75. The van der Waals surface area contributed by atoms with Gasteiger partial charge in [-0.15, -0.1) is 5.10 Å². The van der Waals surface area contributed by atoms with Gasteiger partial charge in [0.05, 0.1) is 6.61 Å². The number of phosphoric acid groups is 3. The van der Waals surface area contributed by atoms with Crippen LogP contribution in [0, 0.1) is 0 Å². The summed E-state index contributed by atoms with van der Waals surface area (Å²) in [6.45, 7) is -1.04. The van der Waals surface area contributed by atoms with Crippen molar-refractivity contribution in [3.05, 3.63) is 10.4 Å². The number of nitrogens with two attached hydrogens (primary N) is 1. The third-order valence-corrected chi connectivity index (χ3v) is 7.55. The van der Waals surface area contributed by atoms with Gasteiger partial charge < -0.3 is 40.3 Å². The number of phosphoric ester groups is 1.